The number of hydrogen-bond donors (Lipinski definition) is 0. The van der Waals surface area contributed by atoms with E-state index in [-0.39, 0.29) is 5.97 Å². The predicted octanol–water partition coefficient (Wildman–Crippen LogP) is 4.09. The maximum Gasteiger partial charge on any atom is 0.337 e. The number of benzene rings is 1. The van der Waals surface area contributed by atoms with E-state index < -0.39 is 0 Å². The summed E-state index contributed by atoms with van der Waals surface area (Å²) in [5.74, 6) is 1.49. The van der Waals surface area contributed by atoms with E-state index in [1.54, 1.807) is 42.7 Å². The number of nitrogens with zero attached hydrogens (tertiary/aromatic N) is 4. The third-order valence-corrected chi connectivity index (χ3v) is 4.32. The molecule has 0 amide bonds. The number of carbonyl (C=O) groups excluding carboxylic acids is 1. The van der Waals surface area contributed by atoms with E-state index in [4.69, 9.17) is 14.5 Å². The zero-order valence-corrected chi connectivity index (χ0v) is 15.5. The summed E-state index contributed by atoms with van der Waals surface area (Å²) in [5.41, 5.74) is 2.99. The molecule has 0 aliphatic rings. The Bertz CT molecular complexity index is 1120. The van der Waals surface area contributed by atoms with Crippen molar-refractivity contribution in [3.05, 3.63) is 66.5 Å². The Morgan fingerprint density at radius 3 is 2.43 bits per heavy atom. The van der Waals surface area contributed by atoms with Crippen molar-refractivity contribution in [2.45, 2.75) is 13.5 Å². The molecule has 0 radical (unpaired) electrons. The molecule has 0 unspecified atom stereocenters. The Morgan fingerprint density at radius 1 is 1.00 bits per heavy atom. The molecule has 0 bridgehead atoms. The van der Waals surface area contributed by atoms with Crippen molar-refractivity contribution < 1.29 is 14.3 Å². The molecule has 0 aliphatic carbocycles. The normalized spacial score (nSPS) is 10.8. The lowest BCUT2D eigenvalue weighted by atomic mass is 10.2. The van der Waals surface area contributed by atoms with Crippen molar-refractivity contribution in [2.24, 2.45) is 0 Å². The summed E-state index contributed by atoms with van der Waals surface area (Å²) in [5, 5.41) is 0. The van der Waals surface area contributed by atoms with Crippen LogP contribution in [0.3, 0.4) is 0 Å². The number of rotatable bonds is 5. The van der Waals surface area contributed by atoms with Crippen LogP contribution in [0.2, 0.25) is 0 Å². The second-order valence-corrected chi connectivity index (χ2v) is 6.03. The molecule has 4 rings (SSSR count). The molecule has 4 aromatic rings. The summed E-state index contributed by atoms with van der Waals surface area (Å²) < 4.78 is 12.6. The molecule has 140 valence electrons. The van der Waals surface area contributed by atoms with Crippen LogP contribution in [0.25, 0.3) is 22.6 Å². The van der Waals surface area contributed by atoms with Gasteiger partial charge < -0.3 is 14.0 Å². The number of esters is 1. The fraction of sp³-hybridized carbons (Fsp3) is 0.143. The van der Waals surface area contributed by atoms with E-state index in [0.29, 0.717) is 17.2 Å². The molecule has 3 aromatic heterocycles. The van der Waals surface area contributed by atoms with Gasteiger partial charge in [-0.1, -0.05) is 0 Å². The first-order chi connectivity index (χ1) is 13.7. The first kappa shape index (κ1) is 17.7. The number of hydrogen-bond acceptors (Lipinski definition) is 6. The van der Waals surface area contributed by atoms with E-state index in [1.807, 2.05) is 29.7 Å². The smallest absolute Gasteiger partial charge is 0.337 e. The molecule has 7 heteroatoms. The fourth-order valence-corrected chi connectivity index (χ4v) is 2.96. The quantitative estimate of drug-likeness (QED) is 0.490. The maximum absolute atomic E-state index is 11.5. The minimum atomic E-state index is -0.387. The van der Waals surface area contributed by atoms with Crippen LogP contribution in [0.1, 0.15) is 17.3 Å². The summed E-state index contributed by atoms with van der Waals surface area (Å²) in [6.07, 6.45) is 3.49. The van der Waals surface area contributed by atoms with Gasteiger partial charge in [0.25, 0.3) is 0 Å². The largest absolute Gasteiger partial charge is 0.465 e. The van der Waals surface area contributed by atoms with Gasteiger partial charge in [0.05, 0.1) is 12.7 Å². The van der Waals surface area contributed by atoms with Crippen LogP contribution in [-0.4, -0.2) is 32.6 Å². The molecule has 0 N–H and O–H groups in total. The molecule has 0 fully saturated rings. The number of ether oxygens (including phenoxy) is 2. The van der Waals surface area contributed by atoms with Gasteiger partial charge >= 0.3 is 5.97 Å². The molecule has 7 nitrogen and oxygen atoms in total. The monoisotopic (exact) mass is 374 g/mol. The van der Waals surface area contributed by atoms with Crippen LogP contribution >= 0.6 is 0 Å². The summed E-state index contributed by atoms with van der Waals surface area (Å²) in [7, 11) is 1.35. The Kier molecular flexibility index (Phi) is 4.72. The predicted molar refractivity (Wildman–Crippen MR) is 104 cm³/mol. The number of carbonyl (C=O) groups is 1. The van der Waals surface area contributed by atoms with Gasteiger partial charge in [-0.2, -0.15) is 4.98 Å². The molecule has 0 aliphatic heterocycles. The average Bonchev–Trinajstić information content (AvgIpc) is 3.12. The highest BCUT2D eigenvalue weighted by Crippen LogP contribution is 2.27. The van der Waals surface area contributed by atoms with Gasteiger partial charge in [-0.15, -0.1) is 0 Å². The minimum absolute atomic E-state index is 0.387. The fourth-order valence-electron chi connectivity index (χ4n) is 2.96. The summed E-state index contributed by atoms with van der Waals surface area (Å²) >= 11 is 0. The Balaban J connectivity index is 1.67. The van der Waals surface area contributed by atoms with Crippen molar-refractivity contribution in [2.75, 3.05) is 7.11 Å². The Labute approximate surface area is 161 Å². The van der Waals surface area contributed by atoms with E-state index in [0.717, 1.165) is 29.1 Å². The molecular weight excluding hydrogens is 356 g/mol. The molecular formula is C21H18N4O3. The number of aryl methyl sites for hydroxylation is 1. The van der Waals surface area contributed by atoms with Gasteiger partial charge in [-0.3, -0.25) is 4.98 Å². The van der Waals surface area contributed by atoms with Crippen LogP contribution < -0.4 is 4.74 Å². The molecule has 3 heterocycles. The standard InChI is InChI=1S/C21H18N4O3/c1-3-25-19(14-10-12-22-13-11-14)23-17-8-9-18(24-20(17)25)28-16-6-4-15(5-7-16)21(26)27-2/h4-13H,3H2,1-2H3. The second-order valence-electron chi connectivity index (χ2n) is 6.03. The Morgan fingerprint density at radius 2 is 1.75 bits per heavy atom. The summed E-state index contributed by atoms with van der Waals surface area (Å²) in [6.45, 7) is 2.77. The van der Waals surface area contributed by atoms with Crippen LogP contribution in [0, 0.1) is 0 Å². The van der Waals surface area contributed by atoms with Crippen molar-refractivity contribution in [3.8, 4) is 23.0 Å². The van der Waals surface area contributed by atoms with Gasteiger partial charge in [0.2, 0.25) is 5.88 Å². The van der Waals surface area contributed by atoms with Crippen molar-refractivity contribution in [1.82, 2.24) is 19.5 Å². The van der Waals surface area contributed by atoms with Gasteiger partial charge in [-0.05, 0) is 49.4 Å². The third kappa shape index (κ3) is 3.29. The lowest BCUT2D eigenvalue weighted by Gasteiger charge is -2.07. The average molecular weight is 374 g/mol. The van der Waals surface area contributed by atoms with Gasteiger partial charge in [-0.25, -0.2) is 9.78 Å². The van der Waals surface area contributed by atoms with Crippen LogP contribution in [0.4, 0.5) is 0 Å². The Hall–Kier alpha value is -3.74. The van der Waals surface area contributed by atoms with Gasteiger partial charge in [0.1, 0.15) is 17.1 Å². The maximum atomic E-state index is 11.5. The highest BCUT2D eigenvalue weighted by Gasteiger charge is 2.14. The lowest BCUT2D eigenvalue weighted by Crippen LogP contribution is -2.01. The SMILES string of the molecule is CCn1c(-c2ccncc2)nc2ccc(Oc3ccc(C(=O)OC)cc3)nc21. The third-order valence-electron chi connectivity index (χ3n) is 4.32. The van der Waals surface area contributed by atoms with Gasteiger partial charge in [0, 0.05) is 30.6 Å². The first-order valence-electron chi connectivity index (χ1n) is 8.83. The lowest BCUT2D eigenvalue weighted by molar-refractivity contribution is 0.0600. The zero-order valence-electron chi connectivity index (χ0n) is 15.5. The number of methoxy groups -OCH3 is 1. The second kappa shape index (κ2) is 7.48. The minimum Gasteiger partial charge on any atom is -0.465 e. The van der Waals surface area contributed by atoms with Crippen molar-refractivity contribution in [3.63, 3.8) is 0 Å². The van der Waals surface area contributed by atoms with E-state index in [1.165, 1.54) is 7.11 Å². The molecule has 1 aromatic carbocycles. The van der Waals surface area contributed by atoms with E-state index in [2.05, 4.69) is 9.97 Å². The van der Waals surface area contributed by atoms with Crippen LogP contribution in [0.5, 0.6) is 11.6 Å². The van der Waals surface area contributed by atoms with E-state index >= 15 is 0 Å². The van der Waals surface area contributed by atoms with Crippen LogP contribution in [-0.2, 0) is 11.3 Å². The summed E-state index contributed by atoms with van der Waals surface area (Å²) in [4.78, 5) is 24.9. The highest BCUT2D eigenvalue weighted by atomic mass is 16.5. The highest BCUT2D eigenvalue weighted by molar-refractivity contribution is 5.89. The molecule has 28 heavy (non-hydrogen) atoms. The van der Waals surface area contributed by atoms with Crippen molar-refractivity contribution >= 4 is 17.1 Å². The first-order valence-corrected chi connectivity index (χ1v) is 8.83. The zero-order chi connectivity index (χ0) is 19.5. The van der Waals surface area contributed by atoms with E-state index in [9.17, 15) is 4.79 Å². The molecule has 0 atom stereocenters. The topological polar surface area (TPSA) is 79.1 Å². The molecule has 0 saturated carbocycles. The molecule has 0 spiro atoms. The van der Waals surface area contributed by atoms with Crippen molar-refractivity contribution in [1.29, 1.82) is 0 Å². The number of imidazole rings is 1. The summed E-state index contributed by atoms with van der Waals surface area (Å²) in [6, 6.07) is 14.2. The number of fused-ring (bicyclic) bond motifs is 1. The molecule has 0 saturated heterocycles. The number of pyridine rings is 2. The van der Waals surface area contributed by atoms with Crippen LogP contribution in [0.15, 0.2) is 60.9 Å². The number of aromatic nitrogens is 4. The van der Waals surface area contributed by atoms with Gasteiger partial charge in [0.15, 0.2) is 5.65 Å².